The fraction of sp³-hybridized carbons (Fsp3) is 0.0909. The molecule has 0 saturated carbocycles. The minimum absolute atomic E-state index is 0.133. The van der Waals surface area contributed by atoms with Gasteiger partial charge in [-0.25, -0.2) is 0 Å². The van der Waals surface area contributed by atoms with E-state index in [1.165, 1.54) is 0 Å². The molecule has 1 heterocycles. The standard InChI is InChI=1S/C11H8Br2ClNS/c12-7-3-1-2-6(4-7)10(15)9-5-8(14)11(13)16-9/h1-5,10H,15H2. The van der Waals surface area contributed by atoms with Gasteiger partial charge in [0.25, 0.3) is 0 Å². The van der Waals surface area contributed by atoms with Crippen molar-refractivity contribution in [2.24, 2.45) is 5.73 Å². The lowest BCUT2D eigenvalue weighted by atomic mass is 10.1. The predicted molar refractivity (Wildman–Crippen MR) is 77.2 cm³/mol. The second-order valence-corrected chi connectivity index (χ2v) is 7.03. The van der Waals surface area contributed by atoms with Crippen LogP contribution in [0.1, 0.15) is 16.5 Å². The molecule has 16 heavy (non-hydrogen) atoms. The third-order valence-corrected chi connectivity index (χ3v) is 5.23. The zero-order chi connectivity index (χ0) is 11.7. The Hall–Kier alpha value is 0.130. The Kier molecular flexibility index (Phi) is 4.08. The second-order valence-electron chi connectivity index (χ2n) is 3.30. The number of rotatable bonds is 2. The number of halogens is 3. The summed E-state index contributed by atoms with van der Waals surface area (Å²) in [6.07, 6.45) is 0. The van der Waals surface area contributed by atoms with Crippen molar-refractivity contribution in [3.63, 3.8) is 0 Å². The Labute approximate surface area is 120 Å². The molecule has 0 saturated heterocycles. The SMILES string of the molecule is NC(c1cccc(Br)c1)c1cc(Cl)c(Br)s1. The first-order chi connectivity index (χ1) is 7.58. The van der Waals surface area contributed by atoms with E-state index in [9.17, 15) is 0 Å². The molecule has 1 nitrogen and oxygen atoms in total. The van der Waals surface area contributed by atoms with Crippen molar-refractivity contribution >= 4 is 54.8 Å². The number of thiophene rings is 1. The molecule has 1 aromatic carbocycles. The second kappa shape index (κ2) is 5.19. The fourth-order valence-corrected chi connectivity index (χ4v) is 3.57. The van der Waals surface area contributed by atoms with Crippen LogP contribution in [0.2, 0.25) is 5.02 Å². The summed E-state index contributed by atoms with van der Waals surface area (Å²) in [4.78, 5) is 1.05. The maximum Gasteiger partial charge on any atom is 0.0888 e. The number of hydrogen-bond donors (Lipinski definition) is 1. The van der Waals surface area contributed by atoms with Crippen LogP contribution >= 0.6 is 54.8 Å². The van der Waals surface area contributed by atoms with Gasteiger partial charge in [0.05, 0.1) is 14.9 Å². The summed E-state index contributed by atoms with van der Waals surface area (Å²) in [5.74, 6) is 0. The Morgan fingerprint density at radius 3 is 2.56 bits per heavy atom. The molecule has 1 aromatic heterocycles. The molecule has 0 aliphatic heterocycles. The van der Waals surface area contributed by atoms with Gasteiger partial charge in [-0.2, -0.15) is 0 Å². The van der Waals surface area contributed by atoms with E-state index in [4.69, 9.17) is 17.3 Å². The number of hydrogen-bond acceptors (Lipinski definition) is 2. The summed E-state index contributed by atoms with van der Waals surface area (Å²) in [7, 11) is 0. The highest BCUT2D eigenvalue weighted by Crippen LogP contribution is 2.36. The molecule has 1 atom stereocenters. The third kappa shape index (κ3) is 2.68. The highest BCUT2D eigenvalue weighted by atomic mass is 79.9. The van der Waals surface area contributed by atoms with Gasteiger partial charge in [0.1, 0.15) is 0 Å². The molecule has 2 N–H and O–H groups in total. The lowest BCUT2D eigenvalue weighted by Crippen LogP contribution is -2.09. The monoisotopic (exact) mass is 379 g/mol. The molecule has 0 aliphatic carbocycles. The third-order valence-electron chi connectivity index (χ3n) is 2.18. The van der Waals surface area contributed by atoms with Gasteiger partial charge in [-0.1, -0.05) is 39.7 Å². The topological polar surface area (TPSA) is 26.0 Å². The van der Waals surface area contributed by atoms with Crippen molar-refractivity contribution < 1.29 is 0 Å². The van der Waals surface area contributed by atoms with Crippen LogP contribution in [0.3, 0.4) is 0 Å². The quantitative estimate of drug-likeness (QED) is 0.780. The lowest BCUT2D eigenvalue weighted by Gasteiger charge is -2.09. The van der Waals surface area contributed by atoms with Crippen LogP contribution in [-0.2, 0) is 0 Å². The van der Waals surface area contributed by atoms with Crippen molar-refractivity contribution in [1.82, 2.24) is 0 Å². The zero-order valence-electron chi connectivity index (χ0n) is 8.08. The van der Waals surface area contributed by atoms with Crippen LogP contribution in [-0.4, -0.2) is 0 Å². The molecule has 84 valence electrons. The Morgan fingerprint density at radius 2 is 2.00 bits per heavy atom. The van der Waals surface area contributed by atoms with Gasteiger partial charge < -0.3 is 5.73 Å². The first kappa shape index (κ1) is 12.6. The van der Waals surface area contributed by atoms with E-state index in [0.29, 0.717) is 5.02 Å². The number of nitrogens with two attached hydrogens (primary N) is 1. The molecule has 0 bridgehead atoms. The van der Waals surface area contributed by atoms with Crippen LogP contribution in [0.25, 0.3) is 0 Å². The van der Waals surface area contributed by atoms with Crippen LogP contribution in [0.15, 0.2) is 38.6 Å². The van der Waals surface area contributed by atoms with Gasteiger partial charge in [0.2, 0.25) is 0 Å². The number of benzene rings is 1. The first-order valence-corrected chi connectivity index (χ1v) is 7.32. The van der Waals surface area contributed by atoms with Crippen LogP contribution in [0.5, 0.6) is 0 Å². The lowest BCUT2D eigenvalue weighted by molar-refractivity contribution is 0.892. The molecule has 2 aromatic rings. The highest BCUT2D eigenvalue weighted by Gasteiger charge is 2.13. The van der Waals surface area contributed by atoms with E-state index in [0.717, 1.165) is 18.7 Å². The molecular formula is C11H8Br2ClNS. The van der Waals surface area contributed by atoms with Gasteiger partial charge in [0, 0.05) is 9.35 Å². The van der Waals surface area contributed by atoms with E-state index >= 15 is 0 Å². The molecule has 0 fully saturated rings. The predicted octanol–water partition coefficient (Wildman–Crippen LogP) is 4.97. The minimum Gasteiger partial charge on any atom is -0.320 e. The van der Waals surface area contributed by atoms with Crippen molar-refractivity contribution in [2.75, 3.05) is 0 Å². The van der Waals surface area contributed by atoms with Gasteiger partial charge >= 0.3 is 0 Å². The smallest absolute Gasteiger partial charge is 0.0888 e. The molecular weight excluding hydrogens is 373 g/mol. The maximum atomic E-state index is 6.18. The van der Waals surface area contributed by atoms with Crippen LogP contribution < -0.4 is 5.73 Å². The van der Waals surface area contributed by atoms with Crippen molar-refractivity contribution in [1.29, 1.82) is 0 Å². The van der Waals surface area contributed by atoms with E-state index < -0.39 is 0 Å². The summed E-state index contributed by atoms with van der Waals surface area (Å²) in [6.45, 7) is 0. The Morgan fingerprint density at radius 1 is 1.25 bits per heavy atom. The Balaban J connectivity index is 2.35. The van der Waals surface area contributed by atoms with Gasteiger partial charge in [-0.15, -0.1) is 11.3 Å². The molecule has 5 heteroatoms. The highest BCUT2D eigenvalue weighted by molar-refractivity contribution is 9.11. The van der Waals surface area contributed by atoms with Crippen LogP contribution in [0.4, 0.5) is 0 Å². The van der Waals surface area contributed by atoms with Gasteiger partial charge in [-0.3, -0.25) is 0 Å². The molecule has 0 spiro atoms. The molecule has 0 radical (unpaired) electrons. The van der Waals surface area contributed by atoms with Gasteiger partial charge in [-0.05, 0) is 39.7 Å². The molecule has 0 aliphatic rings. The van der Waals surface area contributed by atoms with Crippen molar-refractivity contribution in [3.8, 4) is 0 Å². The van der Waals surface area contributed by atoms with E-state index in [-0.39, 0.29) is 6.04 Å². The van der Waals surface area contributed by atoms with E-state index in [1.807, 2.05) is 30.3 Å². The normalized spacial score (nSPS) is 12.8. The molecule has 2 rings (SSSR count). The summed E-state index contributed by atoms with van der Waals surface area (Å²) in [6, 6.07) is 9.76. The largest absolute Gasteiger partial charge is 0.320 e. The average molecular weight is 382 g/mol. The van der Waals surface area contributed by atoms with Crippen molar-refractivity contribution in [2.45, 2.75) is 6.04 Å². The van der Waals surface area contributed by atoms with Crippen molar-refractivity contribution in [3.05, 3.63) is 54.1 Å². The summed E-state index contributed by atoms with van der Waals surface area (Å²) < 4.78 is 1.96. The maximum absolute atomic E-state index is 6.18. The summed E-state index contributed by atoms with van der Waals surface area (Å²) in [5.41, 5.74) is 7.25. The molecule has 1 unspecified atom stereocenters. The zero-order valence-corrected chi connectivity index (χ0v) is 12.8. The van der Waals surface area contributed by atoms with E-state index in [2.05, 4.69) is 31.9 Å². The minimum atomic E-state index is -0.133. The summed E-state index contributed by atoms with van der Waals surface area (Å²) >= 11 is 14.4. The molecule has 0 amide bonds. The first-order valence-electron chi connectivity index (χ1n) is 4.53. The summed E-state index contributed by atoms with van der Waals surface area (Å²) in [5, 5.41) is 0.713. The van der Waals surface area contributed by atoms with E-state index in [1.54, 1.807) is 11.3 Å². The average Bonchev–Trinajstić information content (AvgIpc) is 2.58. The van der Waals surface area contributed by atoms with Crippen LogP contribution in [0, 0.1) is 0 Å². The fourth-order valence-electron chi connectivity index (χ4n) is 1.38. The van der Waals surface area contributed by atoms with Gasteiger partial charge in [0.15, 0.2) is 0 Å². The Bertz CT molecular complexity index is 493.